The van der Waals surface area contributed by atoms with Crippen molar-refractivity contribution in [2.24, 2.45) is 5.92 Å². The van der Waals surface area contributed by atoms with Gasteiger partial charge in [-0.15, -0.1) is 5.10 Å². The summed E-state index contributed by atoms with van der Waals surface area (Å²) in [6.07, 6.45) is 2.29. The molecule has 2 heterocycles. The second-order valence-corrected chi connectivity index (χ2v) is 8.57. The molecule has 9 nitrogen and oxygen atoms in total. The van der Waals surface area contributed by atoms with Gasteiger partial charge in [-0.1, -0.05) is 48.5 Å². The third-order valence-corrected chi connectivity index (χ3v) is 6.29. The second kappa shape index (κ2) is 9.91. The Morgan fingerprint density at radius 3 is 2.61 bits per heavy atom. The third-order valence-electron chi connectivity index (χ3n) is 6.29. The molecule has 1 amide bonds. The summed E-state index contributed by atoms with van der Waals surface area (Å²) in [6.45, 7) is 6.47. The first-order valence-corrected chi connectivity index (χ1v) is 11.2. The van der Waals surface area contributed by atoms with Gasteiger partial charge in [-0.2, -0.15) is 0 Å². The van der Waals surface area contributed by atoms with E-state index in [1.54, 1.807) is 19.1 Å². The molecule has 3 aromatic rings. The van der Waals surface area contributed by atoms with Crippen LogP contribution in [0.1, 0.15) is 47.6 Å². The van der Waals surface area contributed by atoms with Crippen molar-refractivity contribution in [2.75, 3.05) is 19.6 Å². The number of aromatic nitrogens is 3. The van der Waals surface area contributed by atoms with Crippen molar-refractivity contribution >= 4 is 11.6 Å². The molecule has 172 valence electrons. The van der Waals surface area contributed by atoms with E-state index in [1.807, 2.05) is 18.2 Å². The molecule has 0 radical (unpaired) electrons. The molecule has 1 aliphatic rings. The molecule has 4 rings (SSSR count). The number of nitro benzene ring substituents is 1. The van der Waals surface area contributed by atoms with Crippen LogP contribution in [-0.4, -0.2) is 50.4 Å². The summed E-state index contributed by atoms with van der Waals surface area (Å²) in [7, 11) is 0. The molecule has 1 aliphatic heterocycles. The highest BCUT2D eigenvalue weighted by Gasteiger charge is 2.26. The summed E-state index contributed by atoms with van der Waals surface area (Å²) in [5.74, 6) is 0.411. The molecule has 1 fully saturated rings. The Labute approximate surface area is 192 Å². The van der Waals surface area contributed by atoms with Crippen LogP contribution in [0.3, 0.4) is 0 Å². The number of hydrogen-bond acceptors (Lipinski definition) is 6. The van der Waals surface area contributed by atoms with Crippen LogP contribution in [0, 0.1) is 23.0 Å². The molecule has 0 saturated carbocycles. The Kier molecular flexibility index (Phi) is 6.79. The van der Waals surface area contributed by atoms with Gasteiger partial charge in [-0.3, -0.25) is 19.8 Å². The van der Waals surface area contributed by atoms with Crippen LogP contribution >= 0.6 is 0 Å². The van der Waals surface area contributed by atoms with Gasteiger partial charge in [-0.25, -0.2) is 4.68 Å². The van der Waals surface area contributed by atoms with Gasteiger partial charge in [0.2, 0.25) is 0 Å². The van der Waals surface area contributed by atoms with Crippen LogP contribution in [0.2, 0.25) is 0 Å². The number of piperidine rings is 1. The lowest BCUT2D eigenvalue weighted by Crippen LogP contribution is -2.42. The van der Waals surface area contributed by atoms with Gasteiger partial charge in [0, 0.05) is 18.7 Å². The molecule has 0 bridgehead atoms. The number of rotatable bonds is 7. The zero-order chi connectivity index (χ0) is 23.4. The second-order valence-electron chi connectivity index (χ2n) is 8.57. The third kappa shape index (κ3) is 5.09. The number of carbonyl (C=O) groups is 1. The molecule has 1 aromatic heterocycles. The fourth-order valence-corrected chi connectivity index (χ4v) is 4.27. The highest BCUT2D eigenvalue weighted by molar-refractivity contribution is 5.93. The zero-order valence-corrected chi connectivity index (χ0v) is 18.8. The van der Waals surface area contributed by atoms with E-state index >= 15 is 0 Å². The van der Waals surface area contributed by atoms with Crippen LogP contribution in [-0.2, 0) is 0 Å². The summed E-state index contributed by atoms with van der Waals surface area (Å²) < 4.78 is 1.45. The van der Waals surface area contributed by atoms with Gasteiger partial charge in [0.15, 0.2) is 5.69 Å². The lowest BCUT2D eigenvalue weighted by Gasteiger charge is -2.37. The van der Waals surface area contributed by atoms with E-state index in [2.05, 4.69) is 39.6 Å². The summed E-state index contributed by atoms with van der Waals surface area (Å²) >= 11 is 0. The Bertz CT molecular complexity index is 1120. The molecule has 0 spiro atoms. The maximum atomic E-state index is 13.0. The maximum Gasteiger partial charge on any atom is 0.273 e. The number of hydrogen-bond donors (Lipinski definition) is 1. The Morgan fingerprint density at radius 1 is 1.18 bits per heavy atom. The molecule has 1 N–H and O–H groups in total. The Hall–Kier alpha value is -3.59. The number of carbonyl (C=O) groups excluding carboxylic acids is 1. The highest BCUT2D eigenvalue weighted by Crippen LogP contribution is 2.26. The van der Waals surface area contributed by atoms with Crippen LogP contribution in [0.5, 0.6) is 0 Å². The first kappa shape index (κ1) is 22.6. The van der Waals surface area contributed by atoms with Crippen LogP contribution in [0.4, 0.5) is 5.69 Å². The fraction of sp³-hybridized carbons (Fsp3) is 0.375. The van der Waals surface area contributed by atoms with E-state index in [1.165, 1.54) is 22.4 Å². The van der Waals surface area contributed by atoms with E-state index in [-0.39, 0.29) is 23.3 Å². The van der Waals surface area contributed by atoms with Gasteiger partial charge in [0.25, 0.3) is 11.6 Å². The van der Waals surface area contributed by atoms with Gasteiger partial charge in [0.1, 0.15) is 0 Å². The molecule has 1 atom stereocenters. The predicted octanol–water partition coefficient (Wildman–Crippen LogP) is 3.69. The van der Waals surface area contributed by atoms with Gasteiger partial charge in [-0.05, 0) is 50.4 Å². The summed E-state index contributed by atoms with van der Waals surface area (Å²) in [6, 6.07) is 16.4. The average molecular weight is 449 g/mol. The fourth-order valence-electron chi connectivity index (χ4n) is 4.27. The summed E-state index contributed by atoms with van der Waals surface area (Å²) in [5, 5.41) is 22.2. The zero-order valence-electron chi connectivity index (χ0n) is 18.8. The molecule has 0 aliphatic carbocycles. The largest absolute Gasteiger partial charge is 0.349 e. The number of nitrogens with zero attached hydrogens (tertiary/aromatic N) is 5. The summed E-state index contributed by atoms with van der Waals surface area (Å²) in [5.41, 5.74) is 2.34. The molecular weight excluding hydrogens is 420 g/mol. The normalized spacial score (nSPS) is 15.8. The van der Waals surface area contributed by atoms with Crippen molar-refractivity contribution in [3.63, 3.8) is 0 Å². The predicted molar refractivity (Wildman–Crippen MR) is 124 cm³/mol. The number of nitrogens with one attached hydrogen (secondary N) is 1. The number of amides is 1. The van der Waals surface area contributed by atoms with E-state index in [9.17, 15) is 14.9 Å². The van der Waals surface area contributed by atoms with Gasteiger partial charge >= 0.3 is 0 Å². The van der Waals surface area contributed by atoms with Crippen LogP contribution in [0.15, 0.2) is 54.6 Å². The Morgan fingerprint density at radius 2 is 1.91 bits per heavy atom. The highest BCUT2D eigenvalue weighted by atomic mass is 16.6. The quantitative estimate of drug-likeness (QED) is 0.436. The van der Waals surface area contributed by atoms with Crippen molar-refractivity contribution in [1.29, 1.82) is 0 Å². The van der Waals surface area contributed by atoms with Crippen molar-refractivity contribution < 1.29 is 9.72 Å². The molecule has 9 heteroatoms. The topological polar surface area (TPSA) is 106 Å². The number of benzene rings is 2. The smallest absolute Gasteiger partial charge is 0.273 e. The van der Waals surface area contributed by atoms with Gasteiger partial charge in [0.05, 0.1) is 22.3 Å². The van der Waals surface area contributed by atoms with Crippen LogP contribution in [0.25, 0.3) is 5.69 Å². The lowest BCUT2D eigenvalue weighted by molar-refractivity contribution is -0.384. The minimum absolute atomic E-state index is 0.0463. The molecule has 1 unspecified atom stereocenters. The standard InChI is InChI=1S/C24H28N6O3/c1-17-11-13-28(14-12-17)22(19-7-4-3-5-8-19)16-25-24(31)23-18(2)29(27-26-23)20-9-6-10-21(15-20)30(32)33/h3-10,15,17,22H,11-14,16H2,1-2H3,(H,25,31). The first-order valence-electron chi connectivity index (χ1n) is 11.2. The Balaban J connectivity index is 1.50. The maximum absolute atomic E-state index is 13.0. The monoisotopic (exact) mass is 448 g/mol. The lowest BCUT2D eigenvalue weighted by atomic mass is 9.95. The molecule has 33 heavy (non-hydrogen) atoms. The first-order chi connectivity index (χ1) is 15.9. The minimum atomic E-state index is -0.464. The van der Waals surface area contributed by atoms with E-state index in [4.69, 9.17) is 0 Å². The number of nitro groups is 1. The van der Waals surface area contributed by atoms with E-state index in [0.717, 1.165) is 31.8 Å². The minimum Gasteiger partial charge on any atom is -0.349 e. The number of non-ortho nitro benzene ring substituents is 1. The van der Waals surface area contributed by atoms with Crippen molar-refractivity contribution in [3.05, 3.63) is 81.7 Å². The molecule has 2 aromatic carbocycles. The SMILES string of the molecule is Cc1c(C(=O)NCC(c2ccccc2)N2CCC(C)CC2)nnn1-c1cccc([N+](=O)[O-])c1. The van der Waals surface area contributed by atoms with Crippen LogP contribution < -0.4 is 5.32 Å². The van der Waals surface area contributed by atoms with Crippen molar-refractivity contribution in [2.45, 2.75) is 32.7 Å². The number of likely N-dealkylation sites (tertiary alicyclic amines) is 1. The molecule has 1 saturated heterocycles. The van der Waals surface area contributed by atoms with Crippen molar-refractivity contribution in [1.82, 2.24) is 25.2 Å². The molecular formula is C24H28N6O3. The van der Waals surface area contributed by atoms with E-state index in [0.29, 0.717) is 17.9 Å². The van der Waals surface area contributed by atoms with Crippen molar-refractivity contribution in [3.8, 4) is 5.69 Å². The van der Waals surface area contributed by atoms with E-state index < -0.39 is 4.92 Å². The average Bonchev–Trinajstić information content (AvgIpc) is 3.22. The summed E-state index contributed by atoms with van der Waals surface area (Å²) in [4.78, 5) is 26.1. The van der Waals surface area contributed by atoms with Gasteiger partial charge < -0.3 is 5.32 Å².